The van der Waals surface area contributed by atoms with Crippen molar-refractivity contribution < 1.29 is 8.78 Å². The molecule has 1 heterocycles. The number of hydrogen-bond donors (Lipinski definition) is 2. The van der Waals surface area contributed by atoms with E-state index in [1.165, 1.54) is 18.2 Å². The van der Waals surface area contributed by atoms with Gasteiger partial charge in [0.05, 0.1) is 5.52 Å². The normalized spacial score (nSPS) is 22.5. The lowest BCUT2D eigenvalue weighted by atomic mass is 9.74. The SMILES string of the molecule is NC1(c2ccnc3cc(Cl)ccc23)CCC(NCc2c(F)cccc2F)CC1. The largest absolute Gasteiger partial charge is 0.321 e. The first kappa shape index (κ1) is 19.2. The Hall–Kier alpha value is -2.08. The lowest BCUT2D eigenvalue weighted by molar-refractivity contribution is 0.251. The Balaban J connectivity index is 1.46. The van der Waals surface area contributed by atoms with Crippen LogP contribution in [0.5, 0.6) is 0 Å². The third-order valence-corrected chi connectivity index (χ3v) is 5.98. The van der Waals surface area contributed by atoms with Crippen LogP contribution >= 0.6 is 11.6 Å². The number of nitrogens with one attached hydrogen (secondary N) is 1. The number of rotatable bonds is 4. The monoisotopic (exact) mass is 401 g/mol. The van der Waals surface area contributed by atoms with E-state index in [4.69, 9.17) is 17.3 Å². The zero-order valence-corrected chi connectivity index (χ0v) is 16.1. The van der Waals surface area contributed by atoms with Gasteiger partial charge in [0, 0.05) is 40.3 Å². The standard InChI is InChI=1S/C22H22ClF2N3/c23-14-4-5-16-18(8-11-27-21(16)12-14)22(26)9-6-15(7-10-22)28-13-17-19(24)2-1-3-20(17)25/h1-5,8,11-12,15,28H,6-7,9-10,13,26H2. The molecule has 0 atom stereocenters. The Morgan fingerprint density at radius 3 is 2.54 bits per heavy atom. The Labute approximate surface area is 167 Å². The average molecular weight is 402 g/mol. The molecule has 1 saturated carbocycles. The second-order valence-corrected chi connectivity index (χ2v) is 7.97. The van der Waals surface area contributed by atoms with E-state index in [0.29, 0.717) is 5.02 Å². The number of aromatic nitrogens is 1. The molecule has 1 aromatic heterocycles. The van der Waals surface area contributed by atoms with Crippen molar-refractivity contribution in [3.05, 3.63) is 76.4 Å². The van der Waals surface area contributed by atoms with Crippen molar-refractivity contribution in [2.24, 2.45) is 5.73 Å². The maximum absolute atomic E-state index is 13.8. The zero-order valence-electron chi connectivity index (χ0n) is 15.4. The fourth-order valence-electron chi connectivity index (χ4n) is 4.11. The first-order chi connectivity index (χ1) is 13.5. The summed E-state index contributed by atoms with van der Waals surface area (Å²) < 4.78 is 27.6. The molecule has 0 bridgehead atoms. The van der Waals surface area contributed by atoms with E-state index in [-0.39, 0.29) is 18.2 Å². The molecule has 2 aromatic carbocycles. The predicted octanol–water partition coefficient (Wildman–Crippen LogP) is 5.05. The number of halogens is 3. The first-order valence-electron chi connectivity index (χ1n) is 9.46. The second-order valence-electron chi connectivity index (χ2n) is 7.53. The van der Waals surface area contributed by atoms with Crippen LogP contribution in [0.3, 0.4) is 0 Å². The molecule has 3 aromatic rings. The number of nitrogens with two attached hydrogens (primary N) is 1. The summed E-state index contributed by atoms with van der Waals surface area (Å²) in [6, 6.07) is 11.8. The topological polar surface area (TPSA) is 50.9 Å². The van der Waals surface area contributed by atoms with Gasteiger partial charge in [-0.2, -0.15) is 0 Å². The Morgan fingerprint density at radius 1 is 1.11 bits per heavy atom. The van der Waals surface area contributed by atoms with Gasteiger partial charge in [-0.05, 0) is 61.6 Å². The van der Waals surface area contributed by atoms with Crippen LogP contribution in [0.25, 0.3) is 10.9 Å². The summed E-state index contributed by atoms with van der Waals surface area (Å²) >= 11 is 6.09. The van der Waals surface area contributed by atoms with Crippen molar-refractivity contribution in [3.63, 3.8) is 0 Å². The fourth-order valence-corrected chi connectivity index (χ4v) is 4.28. The molecular formula is C22H22ClF2N3. The first-order valence-corrected chi connectivity index (χ1v) is 9.84. The van der Waals surface area contributed by atoms with E-state index in [1.807, 2.05) is 24.3 Å². The van der Waals surface area contributed by atoms with Crippen LogP contribution in [-0.4, -0.2) is 11.0 Å². The number of fused-ring (bicyclic) bond motifs is 1. The Bertz CT molecular complexity index is 980. The van der Waals surface area contributed by atoms with Crippen LogP contribution in [0.1, 0.15) is 36.8 Å². The summed E-state index contributed by atoms with van der Waals surface area (Å²) in [7, 11) is 0. The van der Waals surface area contributed by atoms with Crippen LogP contribution in [0, 0.1) is 11.6 Å². The Morgan fingerprint density at radius 2 is 1.82 bits per heavy atom. The van der Waals surface area contributed by atoms with Gasteiger partial charge in [0.2, 0.25) is 0 Å². The third kappa shape index (κ3) is 3.75. The molecule has 1 fully saturated rings. The minimum absolute atomic E-state index is 0.0871. The Kier molecular flexibility index (Phi) is 5.32. The van der Waals surface area contributed by atoms with Crippen molar-refractivity contribution in [1.82, 2.24) is 10.3 Å². The van der Waals surface area contributed by atoms with Crippen molar-refractivity contribution in [3.8, 4) is 0 Å². The van der Waals surface area contributed by atoms with Gasteiger partial charge in [-0.15, -0.1) is 0 Å². The second kappa shape index (κ2) is 7.74. The van der Waals surface area contributed by atoms with Crippen LogP contribution < -0.4 is 11.1 Å². The quantitative estimate of drug-likeness (QED) is 0.643. The van der Waals surface area contributed by atoms with Gasteiger partial charge in [-0.3, -0.25) is 4.98 Å². The molecule has 4 rings (SSSR count). The number of nitrogens with zero attached hydrogens (tertiary/aromatic N) is 1. The molecule has 0 aliphatic heterocycles. The molecular weight excluding hydrogens is 380 g/mol. The smallest absolute Gasteiger partial charge is 0.130 e. The van der Waals surface area contributed by atoms with Gasteiger partial charge in [-0.25, -0.2) is 8.78 Å². The molecule has 0 spiro atoms. The van der Waals surface area contributed by atoms with Crippen LogP contribution in [-0.2, 0) is 12.1 Å². The zero-order chi connectivity index (χ0) is 19.7. The lowest BCUT2D eigenvalue weighted by Gasteiger charge is -2.38. The highest BCUT2D eigenvalue weighted by Gasteiger charge is 2.34. The third-order valence-electron chi connectivity index (χ3n) is 5.75. The van der Waals surface area contributed by atoms with Gasteiger partial charge in [0.1, 0.15) is 11.6 Å². The average Bonchev–Trinajstić information content (AvgIpc) is 2.68. The van der Waals surface area contributed by atoms with Gasteiger partial charge in [0.25, 0.3) is 0 Å². The van der Waals surface area contributed by atoms with Crippen molar-refractivity contribution in [1.29, 1.82) is 0 Å². The molecule has 1 aliphatic carbocycles. The predicted molar refractivity (Wildman–Crippen MR) is 108 cm³/mol. The van der Waals surface area contributed by atoms with Crippen molar-refractivity contribution >= 4 is 22.5 Å². The number of pyridine rings is 1. The molecule has 0 amide bonds. The van der Waals surface area contributed by atoms with Gasteiger partial charge in [-0.1, -0.05) is 23.7 Å². The molecule has 6 heteroatoms. The van der Waals surface area contributed by atoms with E-state index >= 15 is 0 Å². The number of hydrogen-bond acceptors (Lipinski definition) is 3. The fraction of sp³-hybridized carbons (Fsp3) is 0.318. The van der Waals surface area contributed by atoms with Gasteiger partial charge >= 0.3 is 0 Å². The molecule has 1 aliphatic rings. The summed E-state index contributed by atoms with van der Waals surface area (Å²) in [5, 5.41) is 4.96. The minimum atomic E-state index is -0.515. The van der Waals surface area contributed by atoms with Crippen LogP contribution in [0.2, 0.25) is 5.02 Å². The summed E-state index contributed by atoms with van der Waals surface area (Å²) in [6.07, 6.45) is 5.01. The molecule has 0 radical (unpaired) electrons. The van der Waals surface area contributed by atoms with E-state index in [9.17, 15) is 8.78 Å². The highest BCUT2D eigenvalue weighted by Crippen LogP contribution is 2.38. The van der Waals surface area contributed by atoms with Gasteiger partial charge in [0.15, 0.2) is 0 Å². The minimum Gasteiger partial charge on any atom is -0.321 e. The molecule has 3 nitrogen and oxygen atoms in total. The van der Waals surface area contributed by atoms with Crippen LogP contribution in [0.15, 0.2) is 48.7 Å². The lowest BCUT2D eigenvalue weighted by Crippen LogP contribution is -2.45. The summed E-state index contributed by atoms with van der Waals surface area (Å²) in [5.41, 5.74) is 8.35. The summed E-state index contributed by atoms with van der Waals surface area (Å²) in [6.45, 7) is 0.178. The van der Waals surface area contributed by atoms with Crippen molar-refractivity contribution in [2.45, 2.75) is 43.8 Å². The van der Waals surface area contributed by atoms with E-state index in [1.54, 1.807) is 6.20 Å². The summed E-state index contributed by atoms with van der Waals surface area (Å²) in [5.74, 6) is -1.03. The summed E-state index contributed by atoms with van der Waals surface area (Å²) in [4.78, 5) is 4.40. The molecule has 146 valence electrons. The van der Waals surface area contributed by atoms with Crippen LogP contribution in [0.4, 0.5) is 8.78 Å². The van der Waals surface area contributed by atoms with Gasteiger partial charge < -0.3 is 11.1 Å². The molecule has 28 heavy (non-hydrogen) atoms. The molecule has 0 saturated heterocycles. The van der Waals surface area contributed by atoms with Crippen molar-refractivity contribution in [2.75, 3.05) is 0 Å². The molecule has 0 unspecified atom stereocenters. The van der Waals surface area contributed by atoms with E-state index < -0.39 is 17.2 Å². The number of benzene rings is 2. The maximum Gasteiger partial charge on any atom is 0.130 e. The van der Waals surface area contributed by atoms with E-state index in [0.717, 1.165) is 42.1 Å². The highest BCUT2D eigenvalue weighted by molar-refractivity contribution is 6.31. The maximum atomic E-state index is 13.8. The molecule has 3 N–H and O–H groups in total. The van der Waals surface area contributed by atoms with E-state index in [2.05, 4.69) is 10.3 Å². The highest BCUT2D eigenvalue weighted by atomic mass is 35.5.